The Hall–Kier alpha value is -2.00. The molecule has 1 aliphatic heterocycles. The van der Waals surface area contributed by atoms with Crippen molar-refractivity contribution in [3.8, 4) is 5.75 Å². The highest BCUT2D eigenvalue weighted by molar-refractivity contribution is 7.15. The summed E-state index contributed by atoms with van der Waals surface area (Å²) >= 11 is 8.69. The van der Waals surface area contributed by atoms with Crippen LogP contribution in [0.4, 0.5) is 5.13 Å². The minimum atomic E-state index is -0.179. The first kappa shape index (κ1) is 21.2. The number of hydrogen-bond donors (Lipinski definition) is 1. The molecule has 3 aromatic rings. The van der Waals surface area contributed by atoms with Gasteiger partial charge in [-0.25, -0.2) is 9.97 Å². The lowest BCUT2D eigenvalue weighted by molar-refractivity contribution is 0.102. The molecule has 1 aliphatic rings. The van der Waals surface area contributed by atoms with Gasteiger partial charge in [-0.15, -0.1) is 22.7 Å². The van der Waals surface area contributed by atoms with Crippen molar-refractivity contribution >= 4 is 45.3 Å². The van der Waals surface area contributed by atoms with Gasteiger partial charge in [0, 0.05) is 16.9 Å². The predicted octanol–water partition coefficient (Wildman–Crippen LogP) is 5.38. The number of likely N-dealkylation sites (tertiary alicyclic amines) is 1. The van der Waals surface area contributed by atoms with Crippen LogP contribution >= 0.6 is 34.3 Å². The Labute approximate surface area is 188 Å². The number of nitrogens with one attached hydrogen (secondary N) is 1. The van der Waals surface area contributed by atoms with Crippen molar-refractivity contribution in [3.63, 3.8) is 0 Å². The van der Waals surface area contributed by atoms with Crippen molar-refractivity contribution in [1.29, 1.82) is 0 Å². The van der Waals surface area contributed by atoms with Crippen molar-refractivity contribution in [1.82, 2.24) is 14.9 Å². The lowest BCUT2D eigenvalue weighted by Gasteiger charge is -2.25. The fourth-order valence-corrected chi connectivity index (χ4v) is 5.03. The molecular weight excluding hydrogens is 440 g/mol. The monoisotopic (exact) mass is 462 g/mol. The van der Waals surface area contributed by atoms with Gasteiger partial charge in [-0.1, -0.05) is 18.0 Å². The summed E-state index contributed by atoms with van der Waals surface area (Å²) in [5.74, 6) is 0.531. The van der Waals surface area contributed by atoms with Crippen LogP contribution in [0.15, 0.2) is 29.6 Å². The number of aryl methyl sites for hydroxylation is 1. The topological polar surface area (TPSA) is 67.3 Å². The number of benzene rings is 1. The summed E-state index contributed by atoms with van der Waals surface area (Å²) in [4.78, 5) is 24.8. The van der Waals surface area contributed by atoms with Gasteiger partial charge < -0.3 is 4.74 Å². The predicted molar refractivity (Wildman–Crippen MR) is 122 cm³/mol. The lowest BCUT2D eigenvalue weighted by Crippen LogP contribution is -2.29. The van der Waals surface area contributed by atoms with Crippen molar-refractivity contribution < 1.29 is 9.53 Å². The smallest absolute Gasteiger partial charge is 0.269 e. The van der Waals surface area contributed by atoms with E-state index in [0.717, 1.165) is 30.3 Å². The number of thiazole rings is 2. The van der Waals surface area contributed by atoms with E-state index in [4.69, 9.17) is 16.3 Å². The molecule has 0 bridgehead atoms. The van der Waals surface area contributed by atoms with Crippen LogP contribution in [0, 0.1) is 6.92 Å². The summed E-state index contributed by atoms with van der Waals surface area (Å²) in [6.07, 6.45) is 3.82. The number of piperidine rings is 1. The van der Waals surface area contributed by atoms with Crippen LogP contribution in [0.5, 0.6) is 5.75 Å². The molecule has 1 aromatic carbocycles. The summed E-state index contributed by atoms with van der Waals surface area (Å²) in [5.41, 5.74) is 1.70. The fourth-order valence-electron chi connectivity index (χ4n) is 3.34. The van der Waals surface area contributed by atoms with Crippen molar-refractivity contribution in [2.75, 3.05) is 18.4 Å². The normalized spacial score (nSPS) is 14.6. The second-order valence-electron chi connectivity index (χ2n) is 7.20. The maximum Gasteiger partial charge on any atom is 0.269 e. The number of rotatable bonds is 7. The first-order valence-corrected chi connectivity index (χ1v) is 12.0. The number of halogens is 1. The molecule has 0 spiro atoms. The molecule has 2 aromatic heterocycles. The number of hydrogen-bond acceptors (Lipinski definition) is 7. The van der Waals surface area contributed by atoms with Crippen molar-refractivity contribution in [2.24, 2.45) is 0 Å². The van der Waals surface area contributed by atoms with E-state index in [1.54, 1.807) is 24.3 Å². The number of carbonyl (C=O) groups excluding carboxylic acids is 1. The molecule has 1 N–H and O–H groups in total. The summed E-state index contributed by atoms with van der Waals surface area (Å²) in [6, 6.07) is 7.16. The van der Waals surface area contributed by atoms with Gasteiger partial charge in [-0.2, -0.15) is 0 Å². The van der Waals surface area contributed by atoms with Gasteiger partial charge in [0.1, 0.15) is 22.2 Å². The molecule has 0 unspecified atom stereocenters. The van der Waals surface area contributed by atoms with Gasteiger partial charge in [-0.05, 0) is 57.1 Å². The Bertz CT molecular complexity index is 997. The molecule has 0 saturated carbocycles. The molecule has 4 rings (SSSR count). The van der Waals surface area contributed by atoms with Gasteiger partial charge in [0.2, 0.25) is 0 Å². The summed E-state index contributed by atoms with van der Waals surface area (Å²) < 4.78 is 5.73. The third-order valence-corrected chi connectivity index (χ3v) is 7.02. The minimum absolute atomic E-state index is 0.179. The molecular formula is C21H23ClN4O2S2. The highest BCUT2D eigenvalue weighted by atomic mass is 35.5. The van der Waals surface area contributed by atoms with Crippen molar-refractivity contribution in [2.45, 2.75) is 39.3 Å². The zero-order chi connectivity index (χ0) is 20.9. The Kier molecular flexibility index (Phi) is 6.99. The van der Waals surface area contributed by atoms with E-state index in [1.165, 1.54) is 41.9 Å². The van der Waals surface area contributed by atoms with E-state index in [-0.39, 0.29) is 5.91 Å². The highest BCUT2D eigenvalue weighted by Crippen LogP contribution is 2.24. The summed E-state index contributed by atoms with van der Waals surface area (Å²) in [7, 11) is 0. The van der Waals surface area contributed by atoms with E-state index in [0.29, 0.717) is 33.1 Å². The largest absolute Gasteiger partial charge is 0.486 e. The lowest BCUT2D eigenvalue weighted by atomic mass is 10.1. The summed E-state index contributed by atoms with van der Waals surface area (Å²) in [6.45, 7) is 5.23. The molecule has 1 saturated heterocycles. The first-order valence-electron chi connectivity index (χ1n) is 9.89. The van der Waals surface area contributed by atoms with E-state index in [2.05, 4.69) is 20.2 Å². The second kappa shape index (κ2) is 9.87. The number of anilines is 1. The standard InChI is InChI=1S/C21H23ClN4O2S2/c1-14-19(30-18(23-14)12-28-17-7-5-15(22)6-8-17)20(27)25-21-24-16(13-29-21)11-26-9-3-2-4-10-26/h5-8,13H,2-4,9-12H2,1H3,(H,24,25,27). The van der Waals surface area contributed by atoms with Crippen LogP contribution in [0.25, 0.3) is 0 Å². The van der Waals surface area contributed by atoms with Crippen molar-refractivity contribution in [3.05, 3.63) is 55.9 Å². The molecule has 6 nitrogen and oxygen atoms in total. The third kappa shape index (κ3) is 5.57. The fraction of sp³-hybridized carbons (Fsp3) is 0.381. The van der Waals surface area contributed by atoms with Crippen LogP contribution in [0.3, 0.4) is 0 Å². The number of aromatic nitrogens is 2. The molecule has 0 atom stereocenters. The molecule has 0 radical (unpaired) electrons. The van der Waals surface area contributed by atoms with Crippen LogP contribution < -0.4 is 10.1 Å². The van der Waals surface area contributed by atoms with Crippen LogP contribution in [0.1, 0.15) is 45.3 Å². The Balaban J connectivity index is 1.33. The van der Waals surface area contributed by atoms with Crippen LogP contribution in [-0.2, 0) is 13.2 Å². The van der Waals surface area contributed by atoms with Gasteiger partial charge in [0.05, 0.1) is 11.4 Å². The zero-order valence-electron chi connectivity index (χ0n) is 16.7. The van der Waals surface area contributed by atoms with E-state index in [1.807, 2.05) is 12.3 Å². The van der Waals surface area contributed by atoms with Gasteiger partial charge in [0.15, 0.2) is 5.13 Å². The average Bonchev–Trinajstić information content (AvgIpc) is 3.34. The average molecular weight is 463 g/mol. The number of amides is 1. The van der Waals surface area contributed by atoms with E-state index < -0.39 is 0 Å². The van der Waals surface area contributed by atoms with E-state index >= 15 is 0 Å². The van der Waals surface area contributed by atoms with Crippen LogP contribution in [-0.4, -0.2) is 33.9 Å². The van der Waals surface area contributed by atoms with Crippen LogP contribution in [0.2, 0.25) is 5.02 Å². The number of ether oxygens (including phenoxy) is 1. The molecule has 158 valence electrons. The molecule has 3 heterocycles. The molecule has 0 aliphatic carbocycles. The molecule has 30 heavy (non-hydrogen) atoms. The SMILES string of the molecule is Cc1nc(COc2ccc(Cl)cc2)sc1C(=O)Nc1nc(CN2CCCCC2)cs1. The molecule has 1 amide bonds. The second-order valence-corrected chi connectivity index (χ2v) is 9.58. The van der Waals surface area contributed by atoms with Gasteiger partial charge >= 0.3 is 0 Å². The van der Waals surface area contributed by atoms with Gasteiger partial charge in [-0.3, -0.25) is 15.0 Å². The van der Waals surface area contributed by atoms with E-state index in [9.17, 15) is 4.79 Å². The quantitative estimate of drug-likeness (QED) is 0.510. The Morgan fingerprint density at radius 1 is 1.20 bits per heavy atom. The maximum absolute atomic E-state index is 12.7. The summed E-state index contributed by atoms with van der Waals surface area (Å²) in [5, 5.41) is 6.97. The zero-order valence-corrected chi connectivity index (χ0v) is 19.1. The third-order valence-electron chi connectivity index (χ3n) is 4.83. The molecule has 1 fully saturated rings. The number of carbonyl (C=O) groups is 1. The van der Waals surface area contributed by atoms with Gasteiger partial charge in [0.25, 0.3) is 5.91 Å². The molecule has 9 heteroatoms. The maximum atomic E-state index is 12.7. The number of nitrogens with zero attached hydrogens (tertiary/aromatic N) is 3. The Morgan fingerprint density at radius 2 is 1.97 bits per heavy atom. The first-order chi connectivity index (χ1) is 14.6. The minimum Gasteiger partial charge on any atom is -0.486 e. The highest BCUT2D eigenvalue weighted by Gasteiger charge is 2.18. The Morgan fingerprint density at radius 3 is 2.73 bits per heavy atom.